The molecule has 0 aromatic heterocycles. The van der Waals surface area contributed by atoms with Gasteiger partial charge < -0.3 is 19.5 Å². The molecule has 0 bridgehead atoms. The number of amides is 1. The van der Waals surface area contributed by atoms with Crippen LogP contribution in [0.2, 0.25) is 0 Å². The van der Waals surface area contributed by atoms with Crippen LogP contribution in [-0.4, -0.2) is 41.9 Å². The van der Waals surface area contributed by atoms with E-state index >= 15 is 0 Å². The summed E-state index contributed by atoms with van der Waals surface area (Å²) in [5.74, 6) is -0.520. The lowest BCUT2D eigenvalue weighted by Crippen LogP contribution is -2.50. The van der Waals surface area contributed by atoms with Gasteiger partial charge in [-0.1, -0.05) is 12.1 Å². The van der Waals surface area contributed by atoms with Crippen LogP contribution in [0.1, 0.15) is 39.2 Å². The molecular formula is C17H24FNO4. The summed E-state index contributed by atoms with van der Waals surface area (Å²) in [4.78, 5) is 13.7. The number of nitrogens with zero attached hydrogens (tertiary/aromatic N) is 1. The molecule has 1 atom stereocenters. The quantitative estimate of drug-likeness (QED) is 0.908. The summed E-state index contributed by atoms with van der Waals surface area (Å²) in [6.07, 6.45) is 0.535. The molecule has 0 radical (unpaired) electrons. The van der Waals surface area contributed by atoms with Gasteiger partial charge in [0.1, 0.15) is 11.2 Å². The normalized spacial score (nSPS) is 21.9. The minimum absolute atomic E-state index is 0.0149. The van der Waals surface area contributed by atoms with Crippen molar-refractivity contribution < 1.29 is 23.8 Å². The summed E-state index contributed by atoms with van der Waals surface area (Å²) in [5, 5.41) is 11.0. The first-order valence-corrected chi connectivity index (χ1v) is 7.69. The van der Waals surface area contributed by atoms with Gasteiger partial charge >= 0.3 is 6.09 Å². The number of carbonyl (C=O) groups is 1. The van der Waals surface area contributed by atoms with E-state index in [1.165, 1.54) is 24.1 Å². The SMILES string of the molecule is COc1c(F)cccc1C1(O)CCCN(C(=O)OC(C)(C)C)C1. The Labute approximate surface area is 136 Å². The standard InChI is InChI=1S/C17H24FNO4/c1-16(2,3)23-15(20)19-10-6-9-17(21,11-19)12-7-5-8-13(18)14(12)22-4/h5,7-8,21H,6,9-11H2,1-4H3. The summed E-state index contributed by atoms with van der Waals surface area (Å²) in [5.41, 5.74) is -1.61. The van der Waals surface area contributed by atoms with Crippen LogP contribution in [0.5, 0.6) is 5.75 Å². The van der Waals surface area contributed by atoms with Crippen LogP contribution >= 0.6 is 0 Å². The van der Waals surface area contributed by atoms with Crippen LogP contribution in [0.3, 0.4) is 0 Å². The number of hydrogen-bond acceptors (Lipinski definition) is 4. The highest BCUT2D eigenvalue weighted by Gasteiger charge is 2.40. The molecule has 0 spiro atoms. The first kappa shape index (κ1) is 17.5. The minimum atomic E-state index is -1.36. The van der Waals surface area contributed by atoms with E-state index in [0.29, 0.717) is 24.9 Å². The van der Waals surface area contributed by atoms with E-state index in [9.17, 15) is 14.3 Å². The molecule has 0 aliphatic carbocycles. The van der Waals surface area contributed by atoms with Crippen LogP contribution in [0, 0.1) is 5.82 Å². The zero-order chi connectivity index (χ0) is 17.3. The second-order valence-electron chi connectivity index (χ2n) is 6.86. The predicted molar refractivity (Wildman–Crippen MR) is 83.9 cm³/mol. The molecule has 0 saturated carbocycles. The van der Waals surface area contributed by atoms with Crippen molar-refractivity contribution in [3.05, 3.63) is 29.6 Å². The molecule has 6 heteroatoms. The number of likely N-dealkylation sites (tertiary alicyclic amines) is 1. The monoisotopic (exact) mass is 325 g/mol. The van der Waals surface area contributed by atoms with Gasteiger partial charge in [0.2, 0.25) is 0 Å². The molecular weight excluding hydrogens is 301 g/mol. The Bertz CT molecular complexity index is 584. The number of piperidine rings is 1. The van der Waals surface area contributed by atoms with E-state index in [4.69, 9.17) is 9.47 Å². The highest BCUT2D eigenvalue weighted by molar-refractivity contribution is 5.68. The largest absolute Gasteiger partial charge is 0.493 e. The maximum absolute atomic E-state index is 13.9. The van der Waals surface area contributed by atoms with Gasteiger partial charge in [0.15, 0.2) is 11.6 Å². The zero-order valence-electron chi connectivity index (χ0n) is 14.1. The molecule has 1 aliphatic heterocycles. The first-order valence-electron chi connectivity index (χ1n) is 7.69. The van der Waals surface area contributed by atoms with E-state index < -0.39 is 23.1 Å². The molecule has 1 aromatic rings. The van der Waals surface area contributed by atoms with Gasteiger partial charge in [0.25, 0.3) is 0 Å². The third-order valence-electron chi connectivity index (χ3n) is 3.79. The molecule has 5 nitrogen and oxygen atoms in total. The van der Waals surface area contributed by atoms with Crippen molar-refractivity contribution in [2.75, 3.05) is 20.2 Å². The second kappa shape index (κ2) is 6.35. The number of aliphatic hydroxyl groups is 1. The van der Waals surface area contributed by atoms with Crippen LogP contribution < -0.4 is 4.74 Å². The summed E-state index contributed by atoms with van der Waals surface area (Å²) in [6, 6.07) is 4.43. The summed E-state index contributed by atoms with van der Waals surface area (Å²) >= 11 is 0. The van der Waals surface area contributed by atoms with Crippen LogP contribution in [0.25, 0.3) is 0 Å². The summed E-state index contributed by atoms with van der Waals surface area (Å²) in [7, 11) is 1.36. The number of carbonyl (C=O) groups excluding carboxylic acids is 1. The third kappa shape index (κ3) is 3.93. The molecule has 23 heavy (non-hydrogen) atoms. The Morgan fingerprint density at radius 2 is 2.09 bits per heavy atom. The average molecular weight is 325 g/mol. The lowest BCUT2D eigenvalue weighted by atomic mass is 9.85. The number of halogens is 1. The predicted octanol–water partition coefficient (Wildman–Crippen LogP) is 3.05. The van der Waals surface area contributed by atoms with E-state index in [2.05, 4.69) is 0 Å². The van der Waals surface area contributed by atoms with Gasteiger partial charge in [-0.2, -0.15) is 0 Å². The number of methoxy groups -OCH3 is 1. The van der Waals surface area contributed by atoms with E-state index in [0.717, 1.165) is 0 Å². The first-order chi connectivity index (χ1) is 10.7. The minimum Gasteiger partial charge on any atom is -0.493 e. The number of rotatable bonds is 2. The Hall–Kier alpha value is -1.82. The summed E-state index contributed by atoms with van der Waals surface area (Å²) < 4.78 is 24.4. The van der Waals surface area contributed by atoms with E-state index in [1.54, 1.807) is 26.8 Å². The molecule has 1 unspecified atom stereocenters. The molecule has 1 amide bonds. The van der Waals surface area contributed by atoms with Gasteiger partial charge in [-0.3, -0.25) is 0 Å². The van der Waals surface area contributed by atoms with Gasteiger partial charge in [0.05, 0.1) is 13.7 Å². The average Bonchev–Trinajstić information content (AvgIpc) is 2.45. The van der Waals surface area contributed by atoms with Crippen molar-refractivity contribution in [1.29, 1.82) is 0 Å². The highest BCUT2D eigenvalue weighted by atomic mass is 19.1. The van der Waals surface area contributed by atoms with Crippen LogP contribution in [0.15, 0.2) is 18.2 Å². The highest BCUT2D eigenvalue weighted by Crippen LogP contribution is 2.38. The van der Waals surface area contributed by atoms with Crippen molar-refractivity contribution in [1.82, 2.24) is 4.90 Å². The fraction of sp³-hybridized carbons (Fsp3) is 0.588. The van der Waals surface area contributed by atoms with Gasteiger partial charge in [-0.05, 0) is 39.7 Å². The number of ether oxygens (including phenoxy) is 2. The van der Waals surface area contributed by atoms with Crippen molar-refractivity contribution in [3.8, 4) is 5.75 Å². The number of para-hydroxylation sites is 1. The van der Waals surface area contributed by atoms with Gasteiger partial charge in [0, 0.05) is 12.1 Å². The van der Waals surface area contributed by atoms with Crippen molar-refractivity contribution in [3.63, 3.8) is 0 Å². The molecule has 1 aromatic carbocycles. The lowest BCUT2D eigenvalue weighted by Gasteiger charge is -2.40. The van der Waals surface area contributed by atoms with Crippen molar-refractivity contribution >= 4 is 6.09 Å². The van der Waals surface area contributed by atoms with Crippen LogP contribution in [0.4, 0.5) is 9.18 Å². The zero-order valence-corrected chi connectivity index (χ0v) is 14.1. The molecule has 1 heterocycles. The molecule has 2 rings (SSSR count). The summed E-state index contributed by atoms with van der Waals surface area (Å²) in [6.45, 7) is 5.90. The smallest absolute Gasteiger partial charge is 0.410 e. The maximum atomic E-state index is 13.9. The Kier molecular flexibility index (Phi) is 4.84. The molecule has 1 aliphatic rings. The Morgan fingerprint density at radius 3 is 2.70 bits per heavy atom. The third-order valence-corrected chi connectivity index (χ3v) is 3.79. The van der Waals surface area contributed by atoms with Crippen molar-refractivity contribution in [2.45, 2.75) is 44.8 Å². The molecule has 128 valence electrons. The van der Waals surface area contributed by atoms with Gasteiger partial charge in [-0.15, -0.1) is 0 Å². The number of benzene rings is 1. The number of β-amino-alcohol motifs (C(OH)–C–C–N with tert-alkyl or cyclic N) is 1. The molecule has 1 saturated heterocycles. The van der Waals surface area contributed by atoms with Crippen molar-refractivity contribution in [2.24, 2.45) is 0 Å². The second-order valence-corrected chi connectivity index (χ2v) is 6.86. The fourth-order valence-corrected chi connectivity index (χ4v) is 2.82. The maximum Gasteiger partial charge on any atom is 0.410 e. The van der Waals surface area contributed by atoms with E-state index in [-0.39, 0.29) is 12.3 Å². The Balaban J connectivity index is 2.26. The fourth-order valence-electron chi connectivity index (χ4n) is 2.82. The lowest BCUT2D eigenvalue weighted by molar-refractivity contribution is -0.0477. The molecule has 1 fully saturated rings. The van der Waals surface area contributed by atoms with Gasteiger partial charge in [-0.25, -0.2) is 9.18 Å². The number of hydrogen-bond donors (Lipinski definition) is 1. The van der Waals surface area contributed by atoms with E-state index in [1.807, 2.05) is 0 Å². The van der Waals surface area contributed by atoms with Crippen LogP contribution in [-0.2, 0) is 10.3 Å². The Morgan fingerprint density at radius 1 is 1.39 bits per heavy atom. The molecule has 1 N–H and O–H groups in total. The topological polar surface area (TPSA) is 59.0 Å².